The SMILES string of the molecule is O=C(Nc1c2c(nn1-c1ccc(Cl)cc1)CS(=O)(=O)C2)c1ccc(S(=O)(=O)N2CCCCC2)cc1. The zero-order valence-corrected chi connectivity index (χ0v) is 21.0. The largest absolute Gasteiger partial charge is 0.306 e. The third-order valence-electron chi connectivity index (χ3n) is 6.16. The molecule has 1 N–H and O–H groups in total. The molecule has 1 fully saturated rings. The van der Waals surface area contributed by atoms with Gasteiger partial charge in [-0.2, -0.15) is 9.40 Å². The fraction of sp³-hybridized carbons (Fsp3) is 0.304. The smallest absolute Gasteiger partial charge is 0.256 e. The molecule has 12 heteroatoms. The lowest BCUT2D eigenvalue weighted by Crippen LogP contribution is -2.35. The number of rotatable bonds is 5. The summed E-state index contributed by atoms with van der Waals surface area (Å²) >= 11 is 5.99. The Morgan fingerprint density at radius 3 is 2.26 bits per heavy atom. The van der Waals surface area contributed by atoms with E-state index < -0.39 is 25.8 Å². The molecule has 9 nitrogen and oxygen atoms in total. The highest BCUT2D eigenvalue weighted by atomic mass is 35.5. The molecule has 1 aromatic heterocycles. The second-order valence-corrected chi connectivity index (χ2v) is 13.1. The van der Waals surface area contributed by atoms with Crippen molar-refractivity contribution in [1.82, 2.24) is 14.1 Å². The molecular formula is C23H23ClN4O5S2. The molecule has 0 saturated carbocycles. The maximum absolute atomic E-state index is 13.1. The van der Waals surface area contributed by atoms with Crippen LogP contribution < -0.4 is 5.32 Å². The minimum atomic E-state index is -3.61. The number of sulfonamides is 1. The van der Waals surface area contributed by atoms with Gasteiger partial charge in [0.25, 0.3) is 5.91 Å². The molecule has 0 unspecified atom stereocenters. The summed E-state index contributed by atoms with van der Waals surface area (Å²) in [6.45, 7) is 0.987. The van der Waals surface area contributed by atoms with Gasteiger partial charge in [-0.3, -0.25) is 4.79 Å². The van der Waals surface area contributed by atoms with E-state index in [4.69, 9.17) is 11.6 Å². The van der Waals surface area contributed by atoms with E-state index in [9.17, 15) is 21.6 Å². The summed E-state index contributed by atoms with van der Waals surface area (Å²) in [5, 5.41) is 7.74. The molecule has 2 aromatic carbocycles. The summed E-state index contributed by atoms with van der Waals surface area (Å²) in [4.78, 5) is 13.2. The zero-order valence-electron chi connectivity index (χ0n) is 18.6. The Kier molecular flexibility index (Phi) is 6.20. The van der Waals surface area contributed by atoms with E-state index >= 15 is 0 Å². The van der Waals surface area contributed by atoms with Crippen LogP contribution in [0.2, 0.25) is 5.02 Å². The lowest BCUT2D eigenvalue weighted by Gasteiger charge is -2.25. The Labute approximate surface area is 208 Å². The number of benzene rings is 2. The molecule has 3 heterocycles. The van der Waals surface area contributed by atoms with E-state index in [0.717, 1.165) is 19.3 Å². The van der Waals surface area contributed by atoms with Crippen LogP contribution in [0.25, 0.3) is 5.69 Å². The van der Waals surface area contributed by atoms with Gasteiger partial charge < -0.3 is 5.32 Å². The van der Waals surface area contributed by atoms with Crippen molar-refractivity contribution < 1.29 is 21.6 Å². The van der Waals surface area contributed by atoms with Gasteiger partial charge in [-0.1, -0.05) is 18.0 Å². The van der Waals surface area contributed by atoms with E-state index in [1.165, 1.54) is 33.3 Å². The topological polar surface area (TPSA) is 118 Å². The molecule has 0 radical (unpaired) electrons. The van der Waals surface area contributed by atoms with E-state index in [0.29, 0.717) is 35.1 Å². The summed E-state index contributed by atoms with van der Waals surface area (Å²) in [5.41, 5.74) is 1.68. The maximum Gasteiger partial charge on any atom is 0.256 e. The Bertz CT molecular complexity index is 1490. The number of halogens is 1. The first kappa shape index (κ1) is 24.0. The van der Waals surface area contributed by atoms with Crippen LogP contribution in [0.15, 0.2) is 53.4 Å². The third kappa shape index (κ3) is 4.73. The molecule has 35 heavy (non-hydrogen) atoms. The number of carbonyl (C=O) groups is 1. The van der Waals surface area contributed by atoms with Gasteiger partial charge in [0.15, 0.2) is 9.84 Å². The zero-order chi connectivity index (χ0) is 24.8. The van der Waals surface area contributed by atoms with Crippen molar-refractivity contribution in [2.24, 2.45) is 0 Å². The Hall–Kier alpha value is -2.73. The lowest BCUT2D eigenvalue weighted by atomic mass is 10.2. The van der Waals surface area contributed by atoms with Gasteiger partial charge in [0.05, 0.1) is 27.8 Å². The fourth-order valence-electron chi connectivity index (χ4n) is 4.35. The highest BCUT2D eigenvalue weighted by Crippen LogP contribution is 2.33. The normalized spacial score (nSPS) is 17.7. The van der Waals surface area contributed by atoms with E-state index in [1.807, 2.05) is 0 Å². The van der Waals surface area contributed by atoms with Gasteiger partial charge in [0.2, 0.25) is 10.0 Å². The predicted molar refractivity (Wildman–Crippen MR) is 132 cm³/mol. The fourth-order valence-corrected chi connectivity index (χ4v) is 7.49. The van der Waals surface area contributed by atoms with Crippen molar-refractivity contribution >= 4 is 43.2 Å². The standard InChI is InChI=1S/C23H23ClN4O5S2/c24-17-6-8-18(9-7-17)28-22(20-14-34(30,31)15-21(20)26-28)25-23(29)16-4-10-19(11-5-16)35(32,33)27-12-2-1-3-13-27/h4-11H,1-3,12-15H2,(H,25,29). The number of hydrogen-bond acceptors (Lipinski definition) is 6. The number of carbonyl (C=O) groups excluding carboxylic acids is 1. The Balaban J connectivity index is 1.43. The van der Waals surface area contributed by atoms with Crippen molar-refractivity contribution in [2.45, 2.75) is 35.7 Å². The van der Waals surface area contributed by atoms with Crippen LogP contribution in [-0.2, 0) is 31.4 Å². The highest BCUT2D eigenvalue weighted by Gasteiger charge is 2.33. The number of amides is 1. The van der Waals surface area contributed by atoms with Crippen LogP contribution in [0.4, 0.5) is 5.82 Å². The molecular weight excluding hydrogens is 512 g/mol. The first-order chi connectivity index (χ1) is 16.6. The molecule has 0 bridgehead atoms. The molecule has 0 atom stereocenters. The van der Waals surface area contributed by atoms with Crippen LogP contribution in [0, 0.1) is 0 Å². The molecule has 5 rings (SSSR count). The molecule has 1 saturated heterocycles. The van der Waals surface area contributed by atoms with Gasteiger partial charge in [0.1, 0.15) is 5.82 Å². The number of hydrogen-bond donors (Lipinski definition) is 1. The Morgan fingerprint density at radius 2 is 1.60 bits per heavy atom. The van der Waals surface area contributed by atoms with Crippen LogP contribution in [0.5, 0.6) is 0 Å². The van der Waals surface area contributed by atoms with Crippen molar-refractivity contribution in [1.29, 1.82) is 0 Å². The van der Waals surface area contributed by atoms with Gasteiger partial charge >= 0.3 is 0 Å². The van der Waals surface area contributed by atoms with Crippen molar-refractivity contribution in [3.63, 3.8) is 0 Å². The van der Waals surface area contributed by atoms with Crippen molar-refractivity contribution in [2.75, 3.05) is 18.4 Å². The summed E-state index contributed by atoms with van der Waals surface area (Å²) < 4.78 is 53.1. The van der Waals surface area contributed by atoms with Crippen LogP contribution in [0.1, 0.15) is 40.9 Å². The minimum Gasteiger partial charge on any atom is -0.306 e. The summed E-state index contributed by atoms with van der Waals surface area (Å²) in [5.74, 6) is -0.666. The summed E-state index contributed by atoms with van der Waals surface area (Å²) in [6, 6.07) is 12.5. The first-order valence-electron chi connectivity index (χ1n) is 11.1. The monoisotopic (exact) mass is 534 g/mol. The van der Waals surface area contributed by atoms with Crippen LogP contribution in [0.3, 0.4) is 0 Å². The quantitative estimate of drug-likeness (QED) is 0.536. The second kappa shape index (κ2) is 9.05. The number of nitrogens with zero attached hydrogens (tertiary/aromatic N) is 3. The van der Waals surface area contributed by atoms with Crippen molar-refractivity contribution in [3.05, 3.63) is 70.4 Å². The molecule has 1 amide bonds. The first-order valence-corrected chi connectivity index (χ1v) is 14.8. The Morgan fingerprint density at radius 1 is 0.943 bits per heavy atom. The molecule has 3 aromatic rings. The third-order valence-corrected chi connectivity index (χ3v) is 9.77. The minimum absolute atomic E-state index is 0.133. The van der Waals surface area contributed by atoms with Gasteiger partial charge in [0, 0.05) is 29.2 Å². The number of nitrogens with one attached hydrogen (secondary N) is 1. The van der Waals surface area contributed by atoms with Gasteiger partial charge in [-0.15, -0.1) is 0 Å². The predicted octanol–water partition coefficient (Wildman–Crippen LogP) is 3.38. The number of aromatic nitrogens is 2. The number of sulfone groups is 1. The second-order valence-electron chi connectivity index (χ2n) is 8.64. The van der Waals surface area contributed by atoms with E-state index in [-0.39, 0.29) is 27.8 Å². The number of fused-ring (bicyclic) bond motifs is 1. The molecule has 0 spiro atoms. The van der Waals surface area contributed by atoms with Gasteiger partial charge in [-0.05, 0) is 61.4 Å². The van der Waals surface area contributed by atoms with Crippen molar-refractivity contribution in [3.8, 4) is 5.69 Å². The van der Waals surface area contributed by atoms with E-state index in [1.54, 1.807) is 24.3 Å². The molecule has 0 aliphatic carbocycles. The average molecular weight is 535 g/mol. The average Bonchev–Trinajstić information content (AvgIpc) is 3.32. The summed E-state index contributed by atoms with van der Waals surface area (Å²) in [7, 11) is -6.95. The number of piperidine rings is 1. The number of anilines is 1. The maximum atomic E-state index is 13.1. The van der Waals surface area contributed by atoms with Crippen LogP contribution >= 0.6 is 11.6 Å². The molecule has 184 valence electrons. The van der Waals surface area contributed by atoms with E-state index in [2.05, 4.69) is 10.4 Å². The van der Waals surface area contributed by atoms with Crippen LogP contribution in [-0.4, -0.2) is 49.9 Å². The highest BCUT2D eigenvalue weighted by molar-refractivity contribution is 7.90. The van der Waals surface area contributed by atoms with Gasteiger partial charge in [-0.25, -0.2) is 21.5 Å². The lowest BCUT2D eigenvalue weighted by molar-refractivity contribution is 0.102. The molecule has 2 aliphatic rings. The summed E-state index contributed by atoms with van der Waals surface area (Å²) in [6.07, 6.45) is 2.69. The molecule has 2 aliphatic heterocycles.